The maximum absolute atomic E-state index is 8.59. The molecular formula is C51H46IrN2OS-2. The van der Waals surface area contributed by atoms with E-state index in [0.29, 0.717) is 22.4 Å². The van der Waals surface area contributed by atoms with E-state index in [-0.39, 0.29) is 25.7 Å². The topological polar surface area (TPSA) is 38.9 Å². The van der Waals surface area contributed by atoms with Crippen LogP contribution >= 0.6 is 11.3 Å². The van der Waals surface area contributed by atoms with Gasteiger partial charge in [0.15, 0.2) is 0 Å². The van der Waals surface area contributed by atoms with Crippen LogP contribution in [0.5, 0.6) is 0 Å². The van der Waals surface area contributed by atoms with Gasteiger partial charge in [-0.1, -0.05) is 132 Å². The van der Waals surface area contributed by atoms with Crippen molar-refractivity contribution in [1.82, 2.24) is 9.97 Å². The van der Waals surface area contributed by atoms with Crippen LogP contribution in [0.15, 0.2) is 132 Å². The quantitative estimate of drug-likeness (QED) is 0.161. The van der Waals surface area contributed by atoms with Crippen molar-refractivity contribution in [2.75, 3.05) is 0 Å². The number of pyridine rings is 2. The van der Waals surface area contributed by atoms with Crippen molar-refractivity contribution in [1.29, 1.82) is 0 Å². The Morgan fingerprint density at radius 3 is 2.12 bits per heavy atom. The predicted octanol–water partition coefficient (Wildman–Crippen LogP) is 14.5. The molecular weight excluding hydrogens is 881 g/mol. The second-order valence-electron chi connectivity index (χ2n) is 15.8. The predicted molar refractivity (Wildman–Crippen MR) is 234 cm³/mol. The molecule has 0 N–H and O–H groups in total. The summed E-state index contributed by atoms with van der Waals surface area (Å²) in [4.78, 5) is 9.00. The zero-order valence-electron chi connectivity index (χ0n) is 39.2. The largest absolute Gasteiger partial charge is 0.499 e. The van der Waals surface area contributed by atoms with E-state index in [1.165, 1.54) is 27.7 Å². The van der Waals surface area contributed by atoms with E-state index in [4.69, 9.17) is 19.0 Å². The summed E-state index contributed by atoms with van der Waals surface area (Å²) in [7, 11) is 0. The van der Waals surface area contributed by atoms with E-state index in [9.17, 15) is 0 Å². The number of hydrogen-bond donors (Lipinski definition) is 0. The third kappa shape index (κ3) is 8.56. The van der Waals surface area contributed by atoms with E-state index >= 15 is 0 Å². The molecule has 56 heavy (non-hydrogen) atoms. The van der Waals surface area contributed by atoms with Gasteiger partial charge in [0.2, 0.25) is 0 Å². The molecule has 0 spiro atoms. The molecule has 0 bridgehead atoms. The van der Waals surface area contributed by atoms with Crippen LogP contribution < -0.4 is 0 Å². The number of fused-ring (bicyclic) bond motifs is 7. The molecule has 0 aliphatic heterocycles. The van der Waals surface area contributed by atoms with Crippen LogP contribution in [0, 0.1) is 29.8 Å². The normalized spacial score (nSPS) is 14.4. The first-order chi connectivity index (χ1) is 29.1. The van der Waals surface area contributed by atoms with Gasteiger partial charge in [-0.05, 0) is 69.4 Å². The molecule has 5 aromatic carbocycles. The van der Waals surface area contributed by atoms with Crippen LogP contribution in [0.4, 0.5) is 0 Å². The van der Waals surface area contributed by atoms with Gasteiger partial charge in [0.25, 0.3) is 0 Å². The molecule has 0 aliphatic rings. The smallest absolute Gasteiger partial charge is 0.138 e. The summed E-state index contributed by atoms with van der Waals surface area (Å²) in [5.41, 5.74) is 7.06. The Kier molecular flexibility index (Phi) is 8.86. The van der Waals surface area contributed by atoms with Crippen molar-refractivity contribution in [2.24, 2.45) is 10.8 Å². The zero-order valence-corrected chi connectivity index (χ0v) is 35.4. The van der Waals surface area contributed by atoms with Crippen LogP contribution in [0.1, 0.15) is 67.8 Å². The Labute approximate surface area is 358 Å². The van der Waals surface area contributed by atoms with E-state index < -0.39 is 30.4 Å². The molecule has 0 fully saturated rings. The fourth-order valence-electron chi connectivity index (χ4n) is 6.74. The van der Waals surface area contributed by atoms with Crippen molar-refractivity contribution in [3.05, 3.63) is 156 Å². The van der Waals surface area contributed by atoms with E-state index in [2.05, 4.69) is 65.6 Å². The van der Waals surface area contributed by atoms with Gasteiger partial charge in [0.1, 0.15) is 5.58 Å². The molecule has 0 saturated carbocycles. The monoisotopic (exact) mass is 934 g/mol. The number of nitrogens with zero attached hydrogens (tertiary/aromatic N) is 2. The maximum atomic E-state index is 8.59. The Hall–Kier alpha value is -4.93. The van der Waals surface area contributed by atoms with Gasteiger partial charge in [-0.15, -0.1) is 64.9 Å². The number of furan rings is 1. The second kappa shape index (κ2) is 15.9. The Morgan fingerprint density at radius 2 is 1.41 bits per heavy atom. The summed E-state index contributed by atoms with van der Waals surface area (Å²) in [5, 5.41) is 4.62. The molecule has 1 radical (unpaired) electrons. The van der Waals surface area contributed by atoms with Crippen LogP contribution in [0.3, 0.4) is 0 Å². The molecule has 0 unspecified atom stereocenters. The maximum Gasteiger partial charge on any atom is 0.138 e. The van der Waals surface area contributed by atoms with Gasteiger partial charge in [-0.3, -0.25) is 0 Å². The third-order valence-corrected chi connectivity index (χ3v) is 10.3. The van der Waals surface area contributed by atoms with Gasteiger partial charge >= 0.3 is 0 Å². The van der Waals surface area contributed by atoms with Gasteiger partial charge < -0.3 is 14.4 Å². The fraction of sp³-hybridized carbons (Fsp3) is 0.216. The van der Waals surface area contributed by atoms with E-state index in [1.54, 1.807) is 35.6 Å². The first-order valence-electron chi connectivity index (χ1n) is 21.9. The number of benzene rings is 5. The number of thiophene rings is 1. The second-order valence-corrected chi connectivity index (χ2v) is 16.8. The zero-order chi connectivity index (χ0) is 44.4. The van der Waals surface area contributed by atoms with Crippen LogP contribution in [0.2, 0.25) is 0 Å². The molecule has 0 atom stereocenters. The number of hydrogen-bond acceptors (Lipinski definition) is 4. The summed E-state index contributed by atoms with van der Waals surface area (Å²) in [6, 6.07) is 43.1. The molecule has 9 aromatic rings. The molecule has 5 heteroatoms. The minimum absolute atomic E-state index is 0. The summed E-state index contributed by atoms with van der Waals surface area (Å²) in [5.74, 6) is 0. The van der Waals surface area contributed by atoms with Crippen LogP contribution in [-0.2, 0) is 32.9 Å². The van der Waals surface area contributed by atoms with Gasteiger partial charge in [-0.2, -0.15) is 0 Å². The molecule has 283 valence electrons. The van der Waals surface area contributed by atoms with Crippen LogP contribution in [-0.4, -0.2) is 9.97 Å². The van der Waals surface area contributed by atoms with E-state index in [0.717, 1.165) is 49.0 Å². The molecule has 9 rings (SSSR count). The summed E-state index contributed by atoms with van der Waals surface area (Å²) in [6.07, 6.45) is 0.423. The van der Waals surface area contributed by atoms with Gasteiger partial charge in [0.05, 0.1) is 10.3 Å². The third-order valence-electron chi connectivity index (χ3n) is 9.07. The SMILES string of the molecule is [2H]C([2H])([2H])c1c[c-]c(-c2ccc(C([2H])([2H])C(C)(C)C)cn2)cc1.[2H]C([2H])(c1ccc(-c2ccnc(-c3[c-]ccc4c3oc3c4ccc4c5ccccc5sc43)c2)cc1)C(C)(C)C.[Ir]. The standard InChI is InChI=1S/C34H26NOS.C17H20N.Ir/c1-34(2,3)20-21-11-13-22(14-12-21)23-17-18-35-29(19-23)28-9-6-8-25-26-15-16-27-24-7-4-5-10-30(24)37-33(27)32(26)36-31(25)28;1-13-5-8-15(9-6-13)16-10-7-14(12-18-16)11-17(2,3)4;/h4-8,10-19H,20H2,1-3H3;5-8,10,12H,11H2,1-4H3;/q2*-1;/i20D2;1D3,11D2;. The molecule has 3 nitrogen and oxygen atoms in total. The Morgan fingerprint density at radius 1 is 0.679 bits per heavy atom. The average molecular weight is 934 g/mol. The fourth-order valence-corrected chi connectivity index (χ4v) is 7.93. The minimum atomic E-state index is -2.14. The van der Waals surface area contributed by atoms with Crippen molar-refractivity contribution in [2.45, 2.75) is 61.1 Å². The number of rotatable bonds is 5. The average Bonchev–Trinajstić information content (AvgIpc) is 3.82. The number of aryl methyl sites for hydroxylation is 1. The van der Waals surface area contributed by atoms with Gasteiger partial charge in [0, 0.05) is 63.0 Å². The van der Waals surface area contributed by atoms with Crippen molar-refractivity contribution < 1.29 is 34.1 Å². The molecule has 0 aliphatic carbocycles. The minimum Gasteiger partial charge on any atom is -0.499 e. The van der Waals surface area contributed by atoms with Crippen LogP contribution in [0.25, 0.3) is 75.8 Å². The molecule has 0 amide bonds. The number of aromatic nitrogens is 2. The van der Waals surface area contributed by atoms with Crippen molar-refractivity contribution >= 4 is 53.4 Å². The molecule has 0 saturated heterocycles. The Bertz CT molecular complexity index is 3070. The summed E-state index contributed by atoms with van der Waals surface area (Å²) >= 11 is 1.77. The first-order valence-corrected chi connectivity index (χ1v) is 19.2. The summed E-state index contributed by atoms with van der Waals surface area (Å²) in [6.45, 7) is 9.19. The molecule has 4 heterocycles. The van der Waals surface area contributed by atoms with Crippen molar-refractivity contribution in [3.63, 3.8) is 0 Å². The Balaban J connectivity index is 0.000000213. The summed E-state index contributed by atoms with van der Waals surface area (Å²) < 4.78 is 64.8. The molecule has 4 aromatic heterocycles. The van der Waals surface area contributed by atoms with Gasteiger partial charge in [-0.25, -0.2) is 0 Å². The van der Waals surface area contributed by atoms with E-state index in [1.807, 2.05) is 84.1 Å². The first kappa shape index (κ1) is 31.2. The van der Waals surface area contributed by atoms with Crippen molar-refractivity contribution in [3.8, 4) is 33.6 Å².